The molecule has 24 heavy (non-hydrogen) atoms. The van der Waals surface area contributed by atoms with Gasteiger partial charge in [-0.3, -0.25) is 15.6 Å². The number of nitrogens with one attached hydrogen (secondary N) is 2. The first-order chi connectivity index (χ1) is 11.6. The summed E-state index contributed by atoms with van der Waals surface area (Å²) in [6.45, 7) is 4.83. The van der Waals surface area contributed by atoms with Gasteiger partial charge in [0, 0.05) is 18.7 Å². The van der Waals surface area contributed by atoms with E-state index >= 15 is 0 Å². The van der Waals surface area contributed by atoms with Crippen LogP contribution in [0.2, 0.25) is 0 Å². The van der Waals surface area contributed by atoms with E-state index in [0.29, 0.717) is 36.0 Å². The van der Waals surface area contributed by atoms with Gasteiger partial charge in [-0.15, -0.1) is 0 Å². The summed E-state index contributed by atoms with van der Waals surface area (Å²) in [6.07, 6.45) is 1.36. The van der Waals surface area contributed by atoms with Crippen molar-refractivity contribution < 1.29 is 9.90 Å². The number of likely N-dealkylation sites (N-methyl/N-ethyl adjacent to an activating group) is 1. The predicted octanol–water partition coefficient (Wildman–Crippen LogP) is 0.943. The molecule has 1 aromatic carbocycles. The highest BCUT2D eigenvalue weighted by Gasteiger charge is 2.14. The van der Waals surface area contributed by atoms with Gasteiger partial charge in [-0.1, -0.05) is 18.2 Å². The standard InChI is InChI=1S/C16H22N6O2/c1-3-22(8-9-23)15-13(17)14(18-10-19-15)20-21-16(24)12-7-5-4-6-11(12)2/h4-7,10,23H,3,8-9,17H2,1-2H3,(H,21,24)(H,18,19,20). The maximum absolute atomic E-state index is 12.2. The molecule has 0 fully saturated rings. The molecule has 0 aliphatic heterocycles. The van der Waals surface area contributed by atoms with Gasteiger partial charge in [-0.05, 0) is 25.5 Å². The van der Waals surface area contributed by atoms with E-state index in [1.54, 1.807) is 12.1 Å². The van der Waals surface area contributed by atoms with Crippen molar-refractivity contribution in [2.75, 3.05) is 35.8 Å². The highest BCUT2D eigenvalue weighted by Crippen LogP contribution is 2.25. The Morgan fingerprint density at radius 3 is 2.75 bits per heavy atom. The minimum absolute atomic E-state index is 0.00986. The largest absolute Gasteiger partial charge is 0.395 e. The zero-order valence-electron chi connectivity index (χ0n) is 13.8. The Labute approximate surface area is 140 Å². The van der Waals surface area contributed by atoms with Gasteiger partial charge >= 0.3 is 0 Å². The molecule has 128 valence electrons. The number of aliphatic hydroxyl groups excluding tert-OH is 1. The third kappa shape index (κ3) is 3.90. The fourth-order valence-corrected chi connectivity index (χ4v) is 2.28. The number of hydrogen-bond donors (Lipinski definition) is 4. The Bertz CT molecular complexity index is 707. The molecule has 0 bridgehead atoms. The van der Waals surface area contributed by atoms with Crippen LogP contribution in [0.15, 0.2) is 30.6 Å². The number of carbonyl (C=O) groups is 1. The molecule has 2 rings (SSSR count). The molecule has 0 saturated carbocycles. The third-order valence-corrected chi connectivity index (χ3v) is 3.60. The molecule has 0 aliphatic rings. The zero-order chi connectivity index (χ0) is 17.5. The fraction of sp³-hybridized carbons (Fsp3) is 0.312. The lowest BCUT2D eigenvalue weighted by molar-refractivity contribution is 0.0962. The van der Waals surface area contributed by atoms with Gasteiger partial charge in [0.15, 0.2) is 11.6 Å². The molecule has 2 aromatic rings. The van der Waals surface area contributed by atoms with Crippen LogP contribution in [-0.2, 0) is 0 Å². The Morgan fingerprint density at radius 2 is 2.08 bits per heavy atom. The molecule has 8 nitrogen and oxygen atoms in total. The number of nitrogens with two attached hydrogens (primary N) is 1. The Balaban J connectivity index is 2.13. The molecule has 0 aliphatic carbocycles. The predicted molar refractivity (Wildman–Crippen MR) is 93.7 cm³/mol. The second kappa shape index (κ2) is 8.11. The monoisotopic (exact) mass is 330 g/mol. The smallest absolute Gasteiger partial charge is 0.269 e. The van der Waals surface area contributed by atoms with E-state index in [-0.39, 0.29) is 12.5 Å². The van der Waals surface area contributed by atoms with E-state index in [0.717, 1.165) is 5.56 Å². The van der Waals surface area contributed by atoms with Crippen molar-refractivity contribution in [2.45, 2.75) is 13.8 Å². The van der Waals surface area contributed by atoms with Crippen LogP contribution >= 0.6 is 0 Å². The van der Waals surface area contributed by atoms with Gasteiger partial charge in [0.2, 0.25) is 0 Å². The number of aliphatic hydroxyl groups is 1. The number of nitrogens with zero attached hydrogens (tertiary/aromatic N) is 3. The van der Waals surface area contributed by atoms with Crippen LogP contribution in [0.3, 0.4) is 0 Å². The number of carbonyl (C=O) groups excluding carboxylic acids is 1. The van der Waals surface area contributed by atoms with Crippen LogP contribution in [0, 0.1) is 6.92 Å². The van der Waals surface area contributed by atoms with E-state index in [2.05, 4.69) is 20.8 Å². The summed E-state index contributed by atoms with van der Waals surface area (Å²) in [6, 6.07) is 7.27. The van der Waals surface area contributed by atoms with Crippen molar-refractivity contribution in [2.24, 2.45) is 0 Å². The number of amides is 1. The SMILES string of the molecule is CCN(CCO)c1ncnc(NNC(=O)c2ccccc2C)c1N. The van der Waals surface area contributed by atoms with E-state index < -0.39 is 0 Å². The van der Waals surface area contributed by atoms with Gasteiger partial charge in [-0.25, -0.2) is 9.97 Å². The van der Waals surface area contributed by atoms with E-state index in [4.69, 9.17) is 10.8 Å². The molecule has 1 aromatic heterocycles. The maximum atomic E-state index is 12.2. The number of rotatable bonds is 7. The highest BCUT2D eigenvalue weighted by atomic mass is 16.3. The van der Waals surface area contributed by atoms with Gasteiger partial charge < -0.3 is 15.7 Å². The van der Waals surface area contributed by atoms with Crippen molar-refractivity contribution in [3.63, 3.8) is 0 Å². The van der Waals surface area contributed by atoms with E-state index in [9.17, 15) is 4.79 Å². The zero-order valence-corrected chi connectivity index (χ0v) is 13.8. The van der Waals surface area contributed by atoms with E-state index in [1.165, 1.54) is 6.33 Å². The Kier molecular flexibility index (Phi) is 5.91. The highest BCUT2D eigenvalue weighted by molar-refractivity contribution is 5.96. The van der Waals surface area contributed by atoms with Crippen LogP contribution in [0.4, 0.5) is 17.3 Å². The topological polar surface area (TPSA) is 116 Å². The van der Waals surface area contributed by atoms with Crippen LogP contribution in [0.25, 0.3) is 0 Å². The number of nitrogen functional groups attached to an aromatic ring is 1. The molecule has 0 radical (unpaired) electrons. The summed E-state index contributed by atoms with van der Waals surface area (Å²) in [5.41, 5.74) is 13.1. The number of aryl methyl sites for hydroxylation is 1. The number of hydrogen-bond acceptors (Lipinski definition) is 7. The van der Waals surface area contributed by atoms with Crippen LogP contribution in [0.1, 0.15) is 22.8 Å². The van der Waals surface area contributed by atoms with Gasteiger partial charge in [0.1, 0.15) is 12.0 Å². The van der Waals surface area contributed by atoms with Crippen molar-refractivity contribution in [3.8, 4) is 0 Å². The fourth-order valence-electron chi connectivity index (χ4n) is 2.28. The first-order valence-electron chi connectivity index (χ1n) is 7.66. The minimum atomic E-state index is -0.282. The molecule has 1 heterocycles. The summed E-state index contributed by atoms with van der Waals surface area (Å²) in [5.74, 6) is 0.530. The molecule has 0 atom stereocenters. The number of benzene rings is 1. The lowest BCUT2D eigenvalue weighted by Gasteiger charge is -2.23. The molecule has 8 heteroatoms. The second-order valence-electron chi connectivity index (χ2n) is 5.16. The maximum Gasteiger partial charge on any atom is 0.269 e. The van der Waals surface area contributed by atoms with Crippen LogP contribution in [0.5, 0.6) is 0 Å². The summed E-state index contributed by atoms with van der Waals surface area (Å²) in [7, 11) is 0. The lowest BCUT2D eigenvalue weighted by atomic mass is 10.1. The normalized spacial score (nSPS) is 10.3. The number of anilines is 3. The van der Waals surface area contributed by atoms with Crippen LogP contribution < -0.4 is 21.5 Å². The minimum Gasteiger partial charge on any atom is -0.395 e. The third-order valence-electron chi connectivity index (χ3n) is 3.60. The number of aromatic nitrogens is 2. The quantitative estimate of drug-likeness (QED) is 0.558. The van der Waals surface area contributed by atoms with Crippen molar-refractivity contribution in [1.29, 1.82) is 0 Å². The average Bonchev–Trinajstić information content (AvgIpc) is 2.59. The second-order valence-corrected chi connectivity index (χ2v) is 5.16. The van der Waals surface area contributed by atoms with Gasteiger partial charge in [0.05, 0.1) is 6.61 Å². The van der Waals surface area contributed by atoms with Crippen LogP contribution in [-0.4, -0.2) is 40.7 Å². The first kappa shape index (κ1) is 17.5. The van der Waals surface area contributed by atoms with E-state index in [1.807, 2.05) is 30.9 Å². The average molecular weight is 330 g/mol. The molecular weight excluding hydrogens is 308 g/mol. The Hall–Kier alpha value is -2.87. The van der Waals surface area contributed by atoms with Gasteiger partial charge in [-0.2, -0.15) is 0 Å². The van der Waals surface area contributed by atoms with Crippen molar-refractivity contribution in [3.05, 3.63) is 41.7 Å². The van der Waals surface area contributed by atoms with Crippen molar-refractivity contribution in [1.82, 2.24) is 15.4 Å². The molecule has 0 unspecified atom stereocenters. The van der Waals surface area contributed by atoms with Crippen molar-refractivity contribution >= 4 is 23.2 Å². The summed E-state index contributed by atoms with van der Waals surface area (Å²) >= 11 is 0. The molecular formula is C16H22N6O2. The summed E-state index contributed by atoms with van der Waals surface area (Å²) in [5, 5.41) is 9.12. The van der Waals surface area contributed by atoms with Gasteiger partial charge in [0.25, 0.3) is 5.91 Å². The first-order valence-corrected chi connectivity index (χ1v) is 7.66. The lowest BCUT2D eigenvalue weighted by Crippen LogP contribution is -2.32. The number of hydrazine groups is 1. The molecule has 5 N–H and O–H groups in total. The summed E-state index contributed by atoms with van der Waals surface area (Å²) < 4.78 is 0. The molecule has 1 amide bonds. The summed E-state index contributed by atoms with van der Waals surface area (Å²) in [4.78, 5) is 22.3. The molecule has 0 spiro atoms. The molecule has 0 saturated heterocycles. The Morgan fingerprint density at radius 1 is 1.33 bits per heavy atom.